The van der Waals surface area contributed by atoms with Crippen LogP contribution in [0.25, 0.3) is 27.5 Å². The summed E-state index contributed by atoms with van der Waals surface area (Å²) >= 11 is 3.04. The van der Waals surface area contributed by atoms with Gasteiger partial charge in [-0.05, 0) is 42.6 Å². The zero-order valence-electron chi connectivity index (χ0n) is 15.1. The third-order valence-electron chi connectivity index (χ3n) is 4.21. The van der Waals surface area contributed by atoms with Gasteiger partial charge in [-0.2, -0.15) is 5.10 Å². The predicted molar refractivity (Wildman–Crippen MR) is 109 cm³/mol. The molecule has 0 fully saturated rings. The van der Waals surface area contributed by atoms with E-state index < -0.39 is 0 Å². The molecule has 0 aliphatic heterocycles. The average molecular weight is 424 g/mol. The van der Waals surface area contributed by atoms with Crippen LogP contribution in [-0.2, 0) is 0 Å². The third kappa shape index (κ3) is 3.40. The summed E-state index contributed by atoms with van der Waals surface area (Å²) in [6.45, 7) is 1.98. The van der Waals surface area contributed by atoms with Gasteiger partial charge < -0.3 is 4.42 Å². The standard InChI is InChI=1S/C19H13FN6OS2/c1-11(17-24-25-18(27-17)15-3-2-8-28-15)29-19-14-9-23-26(16(14)21-10-22-19)13-6-4-12(20)5-7-13/h2-11H,1H3. The number of nitrogens with zero attached hydrogens (tertiary/aromatic N) is 6. The first-order chi connectivity index (χ1) is 14.2. The maximum Gasteiger partial charge on any atom is 0.257 e. The smallest absolute Gasteiger partial charge is 0.257 e. The molecule has 0 N–H and O–H groups in total. The lowest BCUT2D eigenvalue weighted by molar-refractivity contribution is 0.510. The lowest BCUT2D eigenvalue weighted by Gasteiger charge is -2.07. The Bertz CT molecular complexity index is 1270. The number of aromatic nitrogens is 6. The van der Waals surface area contributed by atoms with E-state index in [4.69, 9.17) is 4.42 Å². The van der Waals surface area contributed by atoms with E-state index in [2.05, 4.69) is 25.3 Å². The Kier molecular flexibility index (Phi) is 4.57. The second-order valence-electron chi connectivity index (χ2n) is 6.13. The fourth-order valence-corrected chi connectivity index (χ4v) is 4.36. The Morgan fingerprint density at radius 2 is 2.00 bits per heavy atom. The number of rotatable bonds is 5. The molecule has 0 saturated heterocycles. The van der Waals surface area contributed by atoms with Crippen molar-refractivity contribution in [2.75, 3.05) is 0 Å². The van der Waals surface area contributed by atoms with Gasteiger partial charge in [0.1, 0.15) is 17.2 Å². The van der Waals surface area contributed by atoms with Crippen LogP contribution in [-0.4, -0.2) is 29.9 Å². The normalized spacial score (nSPS) is 12.5. The molecule has 144 valence electrons. The van der Waals surface area contributed by atoms with Crippen LogP contribution in [0.2, 0.25) is 0 Å². The topological polar surface area (TPSA) is 82.5 Å². The summed E-state index contributed by atoms with van der Waals surface area (Å²) < 4.78 is 20.7. The van der Waals surface area contributed by atoms with Crippen molar-refractivity contribution in [1.29, 1.82) is 0 Å². The molecule has 5 aromatic rings. The highest BCUT2D eigenvalue weighted by molar-refractivity contribution is 7.99. The van der Waals surface area contributed by atoms with Gasteiger partial charge in [0.05, 0.1) is 27.4 Å². The molecule has 7 nitrogen and oxygen atoms in total. The van der Waals surface area contributed by atoms with Crippen LogP contribution in [0, 0.1) is 5.82 Å². The van der Waals surface area contributed by atoms with Crippen LogP contribution in [0.5, 0.6) is 0 Å². The maximum atomic E-state index is 13.2. The van der Waals surface area contributed by atoms with Gasteiger partial charge in [0.15, 0.2) is 5.65 Å². The maximum absolute atomic E-state index is 13.2. The van der Waals surface area contributed by atoms with Crippen molar-refractivity contribution in [3.05, 3.63) is 66.0 Å². The van der Waals surface area contributed by atoms with Gasteiger partial charge in [-0.3, -0.25) is 0 Å². The van der Waals surface area contributed by atoms with E-state index in [9.17, 15) is 4.39 Å². The Morgan fingerprint density at radius 1 is 1.14 bits per heavy atom. The van der Waals surface area contributed by atoms with E-state index in [1.54, 1.807) is 34.3 Å². The summed E-state index contributed by atoms with van der Waals surface area (Å²) in [7, 11) is 0. The summed E-state index contributed by atoms with van der Waals surface area (Å²) in [5.41, 5.74) is 1.37. The van der Waals surface area contributed by atoms with Crippen molar-refractivity contribution in [3.63, 3.8) is 0 Å². The minimum atomic E-state index is -0.300. The molecule has 1 unspecified atom stereocenters. The molecule has 5 rings (SSSR count). The van der Waals surface area contributed by atoms with Crippen molar-refractivity contribution in [2.45, 2.75) is 17.2 Å². The minimum Gasteiger partial charge on any atom is -0.419 e. The highest BCUT2D eigenvalue weighted by Crippen LogP contribution is 2.37. The van der Waals surface area contributed by atoms with Crippen LogP contribution >= 0.6 is 23.1 Å². The van der Waals surface area contributed by atoms with Crippen molar-refractivity contribution in [3.8, 4) is 16.5 Å². The molecular formula is C19H13FN6OS2. The van der Waals surface area contributed by atoms with E-state index in [0.717, 1.165) is 21.0 Å². The molecule has 0 amide bonds. The first kappa shape index (κ1) is 18.0. The summed E-state index contributed by atoms with van der Waals surface area (Å²) in [5.74, 6) is 0.738. The highest BCUT2D eigenvalue weighted by Gasteiger charge is 2.20. The molecule has 0 aliphatic carbocycles. The number of fused-ring (bicyclic) bond motifs is 1. The zero-order chi connectivity index (χ0) is 19.8. The fraction of sp³-hybridized carbons (Fsp3) is 0.105. The van der Waals surface area contributed by atoms with Gasteiger partial charge in [0.2, 0.25) is 5.89 Å². The summed E-state index contributed by atoms with van der Waals surface area (Å²) in [4.78, 5) is 9.69. The molecule has 10 heteroatoms. The first-order valence-electron chi connectivity index (χ1n) is 8.67. The monoisotopic (exact) mass is 424 g/mol. The van der Waals surface area contributed by atoms with Gasteiger partial charge in [-0.15, -0.1) is 21.5 Å². The molecule has 0 radical (unpaired) electrons. The summed E-state index contributed by atoms with van der Waals surface area (Å²) in [6.07, 6.45) is 3.20. The van der Waals surface area contributed by atoms with Gasteiger partial charge in [0, 0.05) is 0 Å². The van der Waals surface area contributed by atoms with E-state index in [-0.39, 0.29) is 11.1 Å². The number of thioether (sulfide) groups is 1. The number of hydrogen-bond acceptors (Lipinski definition) is 8. The lowest BCUT2D eigenvalue weighted by atomic mass is 10.3. The van der Waals surface area contributed by atoms with E-state index in [0.29, 0.717) is 17.4 Å². The minimum absolute atomic E-state index is 0.108. The zero-order valence-corrected chi connectivity index (χ0v) is 16.7. The van der Waals surface area contributed by atoms with Crippen molar-refractivity contribution in [2.24, 2.45) is 0 Å². The third-order valence-corrected chi connectivity index (χ3v) is 6.17. The molecule has 0 saturated carbocycles. The van der Waals surface area contributed by atoms with Crippen LogP contribution in [0.4, 0.5) is 4.39 Å². The quantitative estimate of drug-likeness (QED) is 0.292. The van der Waals surface area contributed by atoms with Crippen molar-refractivity contribution < 1.29 is 8.81 Å². The number of halogens is 1. The first-order valence-corrected chi connectivity index (χ1v) is 10.4. The lowest BCUT2D eigenvalue weighted by Crippen LogP contribution is -1.98. The molecule has 0 bridgehead atoms. The van der Waals surface area contributed by atoms with Gasteiger partial charge >= 0.3 is 0 Å². The van der Waals surface area contributed by atoms with E-state index in [1.165, 1.54) is 30.2 Å². The Hall–Kier alpha value is -3.11. The van der Waals surface area contributed by atoms with Crippen LogP contribution in [0.15, 0.2) is 63.7 Å². The van der Waals surface area contributed by atoms with E-state index >= 15 is 0 Å². The molecule has 29 heavy (non-hydrogen) atoms. The number of hydrogen-bond donors (Lipinski definition) is 0. The fourth-order valence-electron chi connectivity index (χ4n) is 2.80. The summed E-state index contributed by atoms with van der Waals surface area (Å²) in [6, 6.07) is 9.98. The van der Waals surface area contributed by atoms with Crippen LogP contribution in [0.1, 0.15) is 18.1 Å². The number of thiophene rings is 1. The van der Waals surface area contributed by atoms with E-state index in [1.807, 2.05) is 24.4 Å². The Morgan fingerprint density at radius 3 is 2.79 bits per heavy atom. The predicted octanol–water partition coefficient (Wildman–Crippen LogP) is 4.92. The van der Waals surface area contributed by atoms with Crippen LogP contribution < -0.4 is 0 Å². The second kappa shape index (κ2) is 7.37. The molecule has 4 aromatic heterocycles. The highest BCUT2D eigenvalue weighted by atomic mass is 32.2. The Balaban J connectivity index is 1.44. The SMILES string of the molecule is CC(Sc1ncnc2c1cnn2-c1ccc(F)cc1)c1nnc(-c2cccs2)o1. The van der Waals surface area contributed by atoms with Crippen molar-refractivity contribution >= 4 is 34.1 Å². The van der Waals surface area contributed by atoms with Gasteiger partial charge in [0.25, 0.3) is 5.89 Å². The van der Waals surface area contributed by atoms with Crippen LogP contribution in [0.3, 0.4) is 0 Å². The largest absolute Gasteiger partial charge is 0.419 e. The van der Waals surface area contributed by atoms with Gasteiger partial charge in [-0.1, -0.05) is 17.8 Å². The molecular weight excluding hydrogens is 411 g/mol. The molecule has 1 atom stereocenters. The Labute approximate surface area is 172 Å². The number of benzene rings is 1. The van der Waals surface area contributed by atoms with Gasteiger partial charge in [-0.25, -0.2) is 19.0 Å². The van der Waals surface area contributed by atoms with Crippen molar-refractivity contribution in [1.82, 2.24) is 29.9 Å². The average Bonchev–Trinajstić information content (AvgIpc) is 3.48. The molecule has 0 spiro atoms. The molecule has 4 heterocycles. The summed E-state index contributed by atoms with van der Waals surface area (Å²) in [5, 5.41) is 16.1. The second-order valence-corrected chi connectivity index (χ2v) is 8.41. The molecule has 1 aromatic carbocycles. The molecule has 0 aliphatic rings.